The molecule has 0 nitrogen and oxygen atoms in total. The Kier molecular flexibility index (Phi) is 4.50. The van der Waals surface area contributed by atoms with E-state index in [-0.39, 0.29) is 5.92 Å². The third kappa shape index (κ3) is 3.17. The Labute approximate surface area is 132 Å². The molecule has 0 amide bonds. The van der Waals surface area contributed by atoms with Crippen molar-refractivity contribution in [2.45, 2.75) is 12.3 Å². The zero-order valence-electron chi connectivity index (χ0n) is 12.7. The fraction of sp³-hybridized carbons (Fsp3) is 0.0909. The van der Waals surface area contributed by atoms with Gasteiger partial charge in [-0.15, -0.1) is 6.58 Å². The van der Waals surface area contributed by atoms with Crippen molar-refractivity contribution in [1.29, 1.82) is 0 Å². The molecule has 0 spiro atoms. The predicted octanol–water partition coefficient (Wildman–Crippen LogP) is 5.60. The van der Waals surface area contributed by atoms with Crippen LogP contribution < -0.4 is 0 Å². The second-order valence-electron chi connectivity index (χ2n) is 5.49. The maximum atomic E-state index is 3.81. The van der Waals surface area contributed by atoms with E-state index in [1.165, 1.54) is 22.3 Å². The lowest BCUT2D eigenvalue weighted by atomic mass is 9.85. The van der Waals surface area contributed by atoms with Crippen LogP contribution in [0.25, 0.3) is 0 Å². The van der Waals surface area contributed by atoms with Gasteiger partial charge in [-0.1, -0.05) is 91.0 Å². The molecule has 0 heteroatoms. The summed E-state index contributed by atoms with van der Waals surface area (Å²) in [6.45, 7) is 3.81. The van der Waals surface area contributed by atoms with Crippen LogP contribution in [0, 0.1) is 0 Å². The molecule has 0 fully saturated rings. The lowest BCUT2D eigenvalue weighted by Gasteiger charge is -2.19. The summed E-state index contributed by atoms with van der Waals surface area (Å²) in [5, 5.41) is 0. The molecule has 0 aliphatic carbocycles. The molecule has 0 radical (unpaired) electrons. The van der Waals surface area contributed by atoms with Gasteiger partial charge in [-0.05, 0) is 28.7 Å². The maximum Gasteiger partial charge on any atom is 0.0339 e. The van der Waals surface area contributed by atoms with Crippen LogP contribution in [0.15, 0.2) is 97.6 Å². The molecule has 0 N–H and O–H groups in total. The van der Waals surface area contributed by atoms with Crippen LogP contribution in [-0.2, 0) is 6.42 Å². The van der Waals surface area contributed by atoms with Crippen LogP contribution in [0.5, 0.6) is 0 Å². The first kappa shape index (κ1) is 14.3. The number of hydrogen-bond acceptors (Lipinski definition) is 0. The first-order chi connectivity index (χ1) is 10.9. The Morgan fingerprint density at radius 1 is 0.636 bits per heavy atom. The van der Waals surface area contributed by atoms with Crippen LogP contribution in [0.4, 0.5) is 0 Å². The molecule has 0 saturated heterocycles. The minimum Gasteiger partial charge on any atom is -0.103 e. The standard InChI is InChI=1S/C22H20/c1-2-9-18-14-16-21(17-15-18)22(19-10-5-3-6-11-19)20-12-7-4-8-13-20/h2-8,10-17,22H,1,9H2. The summed E-state index contributed by atoms with van der Waals surface area (Å²) in [6, 6.07) is 30.3. The fourth-order valence-corrected chi connectivity index (χ4v) is 2.88. The summed E-state index contributed by atoms with van der Waals surface area (Å²) in [7, 11) is 0. The third-order valence-corrected chi connectivity index (χ3v) is 3.96. The van der Waals surface area contributed by atoms with Crippen molar-refractivity contribution in [3.05, 3.63) is 120 Å². The van der Waals surface area contributed by atoms with Crippen LogP contribution in [0.3, 0.4) is 0 Å². The zero-order chi connectivity index (χ0) is 15.2. The molecule has 0 aromatic heterocycles. The van der Waals surface area contributed by atoms with Gasteiger partial charge in [0.25, 0.3) is 0 Å². The van der Waals surface area contributed by atoms with E-state index in [9.17, 15) is 0 Å². The predicted molar refractivity (Wildman–Crippen MR) is 94.2 cm³/mol. The van der Waals surface area contributed by atoms with Gasteiger partial charge in [0.05, 0.1) is 0 Å². The second kappa shape index (κ2) is 6.91. The molecule has 3 aromatic rings. The lowest BCUT2D eigenvalue weighted by molar-refractivity contribution is 0.975. The number of allylic oxidation sites excluding steroid dienone is 1. The third-order valence-electron chi connectivity index (χ3n) is 3.96. The fourth-order valence-electron chi connectivity index (χ4n) is 2.88. The molecule has 3 rings (SSSR count). The van der Waals surface area contributed by atoms with Crippen molar-refractivity contribution in [3.63, 3.8) is 0 Å². The SMILES string of the molecule is C=CCc1ccc(C(c2ccccc2)c2ccccc2)cc1. The summed E-state index contributed by atoms with van der Waals surface area (Å²) >= 11 is 0. The van der Waals surface area contributed by atoms with Crippen molar-refractivity contribution in [3.8, 4) is 0 Å². The molecule has 3 aromatic carbocycles. The van der Waals surface area contributed by atoms with E-state index in [1.54, 1.807) is 0 Å². The lowest BCUT2D eigenvalue weighted by Crippen LogP contribution is -2.03. The van der Waals surface area contributed by atoms with Crippen LogP contribution in [-0.4, -0.2) is 0 Å². The normalized spacial score (nSPS) is 10.6. The monoisotopic (exact) mass is 284 g/mol. The Bertz CT molecular complexity index is 670. The van der Waals surface area contributed by atoms with Crippen LogP contribution >= 0.6 is 0 Å². The first-order valence-electron chi connectivity index (χ1n) is 7.68. The van der Waals surface area contributed by atoms with E-state index < -0.39 is 0 Å². The molecule has 0 bridgehead atoms. The molecular formula is C22H20. The van der Waals surface area contributed by atoms with E-state index in [2.05, 4.69) is 91.5 Å². The molecule has 0 atom stereocenters. The van der Waals surface area contributed by atoms with E-state index in [4.69, 9.17) is 0 Å². The van der Waals surface area contributed by atoms with Gasteiger partial charge < -0.3 is 0 Å². The van der Waals surface area contributed by atoms with E-state index >= 15 is 0 Å². The summed E-state index contributed by atoms with van der Waals surface area (Å²) in [5.74, 6) is 0.278. The molecule has 0 aliphatic rings. The number of benzene rings is 3. The van der Waals surface area contributed by atoms with Crippen molar-refractivity contribution in [2.24, 2.45) is 0 Å². The smallest absolute Gasteiger partial charge is 0.0339 e. The Morgan fingerprint density at radius 2 is 1.09 bits per heavy atom. The molecular weight excluding hydrogens is 264 g/mol. The van der Waals surface area contributed by atoms with Gasteiger partial charge >= 0.3 is 0 Å². The van der Waals surface area contributed by atoms with Gasteiger partial charge in [0, 0.05) is 5.92 Å². The minimum atomic E-state index is 0.278. The van der Waals surface area contributed by atoms with Gasteiger partial charge in [0.1, 0.15) is 0 Å². The Morgan fingerprint density at radius 3 is 1.55 bits per heavy atom. The highest BCUT2D eigenvalue weighted by Gasteiger charge is 2.15. The molecule has 0 aliphatic heterocycles. The molecule has 108 valence electrons. The number of hydrogen-bond donors (Lipinski definition) is 0. The second-order valence-corrected chi connectivity index (χ2v) is 5.49. The first-order valence-corrected chi connectivity index (χ1v) is 7.68. The number of rotatable bonds is 5. The quantitative estimate of drug-likeness (QED) is 0.423. The van der Waals surface area contributed by atoms with E-state index in [0.717, 1.165) is 6.42 Å². The van der Waals surface area contributed by atoms with Crippen molar-refractivity contribution < 1.29 is 0 Å². The highest BCUT2D eigenvalue weighted by atomic mass is 14.2. The average Bonchev–Trinajstić information content (AvgIpc) is 2.59. The minimum absolute atomic E-state index is 0.278. The van der Waals surface area contributed by atoms with E-state index in [1.807, 2.05) is 6.08 Å². The Hall–Kier alpha value is -2.60. The molecule has 0 unspecified atom stereocenters. The topological polar surface area (TPSA) is 0 Å². The highest BCUT2D eigenvalue weighted by Crippen LogP contribution is 2.31. The summed E-state index contributed by atoms with van der Waals surface area (Å²) in [5.41, 5.74) is 5.28. The molecule has 0 saturated carbocycles. The van der Waals surface area contributed by atoms with Crippen molar-refractivity contribution in [1.82, 2.24) is 0 Å². The highest BCUT2D eigenvalue weighted by molar-refractivity contribution is 5.43. The van der Waals surface area contributed by atoms with Gasteiger partial charge in [-0.2, -0.15) is 0 Å². The summed E-state index contributed by atoms with van der Waals surface area (Å²) in [6.07, 6.45) is 2.86. The van der Waals surface area contributed by atoms with Crippen LogP contribution in [0.1, 0.15) is 28.2 Å². The van der Waals surface area contributed by atoms with Crippen molar-refractivity contribution >= 4 is 0 Å². The van der Waals surface area contributed by atoms with Gasteiger partial charge in [-0.3, -0.25) is 0 Å². The Balaban J connectivity index is 2.04. The van der Waals surface area contributed by atoms with Gasteiger partial charge in [0.15, 0.2) is 0 Å². The van der Waals surface area contributed by atoms with Crippen molar-refractivity contribution in [2.75, 3.05) is 0 Å². The van der Waals surface area contributed by atoms with Crippen LogP contribution in [0.2, 0.25) is 0 Å². The zero-order valence-corrected chi connectivity index (χ0v) is 12.7. The van der Waals surface area contributed by atoms with Gasteiger partial charge in [-0.25, -0.2) is 0 Å². The van der Waals surface area contributed by atoms with E-state index in [0.29, 0.717) is 0 Å². The van der Waals surface area contributed by atoms with Gasteiger partial charge in [0.2, 0.25) is 0 Å². The summed E-state index contributed by atoms with van der Waals surface area (Å²) < 4.78 is 0. The molecule has 22 heavy (non-hydrogen) atoms. The average molecular weight is 284 g/mol. The maximum absolute atomic E-state index is 3.81. The largest absolute Gasteiger partial charge is 0.103 e. The molecule has 0 heterocycles. The summed E-state index contributed by atoms with van der Waals surface area (Å²) in [4.78, 5) is 0.